The predicted octanol–water partition coefficient (Wildman–Crippen LogP) is 2.45. The zero-order valence-electron chi connectivity index (χ0n) is 10.5. The normalized spacial score (nSPS) is 19.9. The van der Waals surface area contributed by atoms with Crippen LogP contribution in [-0.2, 0) is 10.0 Å². The quantitative estimate of drug-likeness (QED) is 0.821. The molecule has 1 aromatic rings. The van der Waals surface area contributed by atoms with Crippen LogP contribution in [0.1, 0.15) is 25.7 Å². The largest absolute Gasteiger partial charge is 0.244 e. The molecule has 0 unspecified atom stereocenters. The maximum Gasteiger partial charge on any atom is 0.240 e. The Balaban J connectivity index is 1.67. The lowest BCUT2D eigenvalue weighted by Crippen LogP contribution is -2.31. The van der Waals surface area contributed by atoms with Gasteiger partial charge in [-0.15, -0.1) is 0 Å². The monoisotopic (exact) mass is 300 g/mol. The molecule has 6 heteroatoms. The third kappa shape index (κ3) is 3.27. The SMILES string of the molecule is O=S(=O)(NCC(C1CC1)C1CC1)c1ccnc(Cl)c1. The number of hydrogen-bond acceptors (Lipinski definition) is 3. The molecule has 104 valence electrons. The van der Waals surface area contributed by atoms with Gasteiger partial charge in [0.05, 0.1) is 4.90 Å². The van der Waals surface area contributed by atoms with E-state index in [1.807, 2.05) is 0 Å². The second kappa shape index (κ2) is 5.04. The number of rotatable bonds is 6. The van der Waals surface area contributed by atoms with Gasteiger partial charge in [-0.2, -0.15) is 0 Å². The highest BCUT2D eigenvalue weighted by Crippen LogP contribution is 2.48. The Hall–Kier alpha value is -0.650. The minimum absolute atomic E-state index is 0.192. The van der Waals surface area contributed by atoms with Crippen molar-refractivity contribution in [1.82, 2.24) is 9.71 Å². The van der Waals surface area contributed by atoms with Crippen LogP contribution in [0.2, 0.25) is 5.15 Å². The van der Waals surface area contributed by atoms with E-state index in [1.54, 1.807) is 0 Å². The molecule has 0 aliphatic heterocycles. The van der Waals surface area contributed by atoms with Gasteiger partial charge >= 0.3 is 0 Å². The fourth-order valence-electron chi connectivity index (χ4n) is 2.61. The second-order valence-electron chi connectivity index (χ2n) is 5.50. The fraction of sp³-hybridized carbons (Fsp3) is 0.615. The first-order chi connectivity index (χ1) is 9.06. The van der Waals surface area contributed by atoms with E-state index in [4.69, 9.17) is 11.6 Å². The molecule has 3 rings (SSSR count). The van der Waals surface area contributed by atoms with Gasteiger partial charge in [-0.25, -0.2) is 18.1 Å². The average Bonchev–Trinajstić information content (AvgIpc) is 3.23. The summed E-state index contributed by atoms with van der Waals surface area (Å²) in [7, 11) is -3.46. The van der Waals surface area contributed by atoms with Crippen molar-refractivity contribution in [1.29, 1.82) is 0 Å². The zero-order chi connectivity index (χ0) is 13.5. The Bertz CT molecular complexity index is 556. The molecule has 2 fully saturated rings. The summed E-state index contributed by atoms with van der Waals surface area (Å²) in [6.07, 6.45) is 6.43. The van der Waals surface area contributed by atoms with Crippen LogP contribution in [0.4, 0.5) is 0 Å². The van der Waals surface area contributed by atoms with Crippen molar-refractivity contribution in [2.24, 2.45) is 17.8 Å². The summed E-state index contributed by atoms with van der Waals surface area (Å²) in [4.78, 5) is 3.99. The van der Waals surface area contributed by atoms with Gasteiger partial charge in [0, 0.05) is 12.7 Å². The summed E-state index contributed by atoms with van der Waals surface area (Å²) in [5.41, 5.74) is 0. The van der Waals surface area contributed by atoms with Crippen LogP contribution >= 0.6 is 11.6 Å². The minimum atomic E-state index is -3.46. The lowest BCUT2D eigenvalue weighted by Gasteiger charge is -2.16. The molecule has 0 atom stereocenters. The molecule has 2 aliphatic rings. The summed E-state index contributed by atoms with van der Waals surface area (Å²) in [6, 6.07) is 2.85. The summed E-state index contributed by atoms with van der Waals surface area (Å²) >= 11 is 5.73. The number of nitrogens with one attached hydrogen (secondary N) is 1. The fourth-order valence-corrected chi connectivity index (χ4v) is 3.93. The number of nitrogens with zero attached hydrogens (tertiary/aromatic N) is 1. The van der Waals surface area contributed by atoms with Crippen molar-refractivity contribution in [3.63, 3.8) is 0 Å². The van der Waals surface area contributed by atoms with E-state index in [0.29, 0.717) is 12.5 Å². The van der Waals surface area contributed by atoms with E-state index in [2.05, 4.69) is 9.71 Å². The molecular formula is C13H17ClN2O2S. The van der Waals surface area contributed by atoms with E-state index in [9.17, 15) is 8.42 Å². The van der Waals surface area contributed by atoms with Gasteiger partial charge in [-0.1, -0.05) is 11.6 Å². The molecule has 0 aromatic carbocycles. The summed E-state index contributed by atoms with van der Waals surface area (Å²) in [6.45, 7) is 0.553. The topological polar surface area (TPSA) is 59.1 Å². The van der Waals surface area contributed by atoms with Crippen LogP contribution in [0, 0.1) is 17.8 Å². The first-order valence-corrected chi connectivity index (χ1v) is 8.53. The molecule has 0 bridgehead atoms. The smallest absolute Gasteiger partial charge is 0.240 e. The average molecular weight is 301 g/mol. The first-order valence-electron chi connectivity index (χ1n) is 6.67. The summed E-state index contributed by atoms with van der Waals surface area (Å²) < 4.78 is 27.1. The van der Waals surface area contributed by atoms with Crippen LogP contribution in [0.25, 0.3) is 0 Å². The molecular weight excluding hydrogens is 284 g/mol. The van der Waals surface area contributed by atoms with Crippen molar-refractivity contribution >= 4 is 21.6 Å². The molecule has 1 aromatic heterocycles. The van der Waals surface area contributed by atoms with Crippen molar-refractivity contribution in [2.45, 2.75) is 30.6 Å². The molecule has 2 saturated carbocycles. The number of hydrogen-bond donors (Lipinski definition) is 1. The molecule has 2 aliphatic carbocycles. The van der Waals surface area contributed by atoms with Gasteiger partial charge < -0.3 is 0 Å². The maximum atomic E-state index is 12.2. The van der Waals surface area contributed by atoms with E-state index in [0.717, 1.165) is 11.8 Å². The molecule has 1 heterocycles. The number of halogens is 1. The lowest BCUT2D eigenvalue weighted by molar-refractivity contribution is 0.401. The maximum absolute atomic E-state index is 12.2. The molecule has 0 spiro atoms. The van der Waals surface area contributed by atoms with E-state index >= 15 is 0 Å². The highest BCUT2D eigenvalue weighted by atomic mass is 35.5. The Morgan fingerprint density at radius 2 is 1.95 bits per heavy atom. The van der Waals surface area contributed by atoms with Crippen molar-refractivity contribution in [3.8, 4) is 0 Å². The zero-order valence-corrected chi connectivity index (χ0v) is 12.1. The number of pyridine rings is 1. The number of aromatic nitrogens is 1. The van der Waals surface area contributed by atoms with Gasteiger partial charge in [0.15, 0.2) is 0 Å². The van der Waals surface area contributed by atoms with Crippen LogP contribution in [-0.4, -0.2) is 19.9 Å². The van der Waals surface area contributed by atoms with Crippen LogP contribution in [0.3, 0.4) is 0 Å². The Morgan fingerprint density at radius 1 is 1.32 bits per heavy atom. The predicted molar refractivity (Wildman–Crippen MR) is 73.4 cm³/mol. The first kappa shape index (κ1) is 13.3. The highest BCUT2D eigenvalue weighted by Gasteiger charge is 2.41. The molecule has 1 N–H and O–H groups in total. The minimum Gasteiger partial charge on any atom is -0.244 e. The number of sulfonamides is 1. The standard InChI is InChI=1S/C13H17ClN2O2S/c14-13-7-11(5-6-15-13)19(17,18)16-8-12(9-1-2-9)10-3-4-10/h5-7,9-10,12,16H,1-4,8H2. The van der Waals surface area contributed by atoms with E-state index in [-0.39, 0.29) is 10.0 Å². The molecule has 19 heavy (non-hydrogen) atoms. The van der Waals surface area contributed by atoms with E-state index < -0.39 is 10.0 Å². The Labute approximate surface area is 118 Å². The summed E-state index contributed by atoms with van der Waals surface area (Å²) in [5, 5.41) is 0.198. The molecule has 4 nitrogen and oxygen atoms in total. The highest BCUT2D eigenvalue weighted by molar-refractivity contribution is 7.89. The van der Waals surface area contributed by atoms with Gasteiger partial charge in [0.1, 0.15) is 5.15 Å². The van der Waals surface area contributed by atoms with E-state index in [1.165, 1.54) is 44.0 Å². The second-order valence-corrected chi connectivity index (χ2v) is 7.66. The Morgan fingerprint density at radius 3 is 2.47 bits per heavy atom. The van der Waals surface area contributed by atoms with Gasteiger partial charge in [-0.05, 0) is 55.6 Å². The molecule has 0 radical (unpaired) electrons. The van der Waals surface area contributed by atoms with Gasteiger partial charge in [0.25, 0.3) is 0 Å². The van der Waals surface area contributed by atoms with Crippen molar-refractivity contribution in [3.05, 3.63) is 23.5 Å². The van der Waals surface area contributed by atoms with Crippen molar-refractivity contribution in [2.75, 3.05) is 6.54 Å². The third-order valence-electron chi connectivity index (χ3n) is 3.97. The van der Waals surface area contributed by atoms with Crippen LogP contribution < -0.4 is 4.72 Å². The molecule has 0 amide bonds. The van der Waals surface area contributed by atoms with Crippen molar-refractivity contribution < 1.29 is 8.42 Å². The lowest BCUT2D eigenvalue weighted by atomic mass is 9.99. The summed E-state index contributed by atoms with van der Waals surface area (Å²) in [5.74, 6) is 1.99. The molecule has 0 saturated heterocycles. The van der Waals surface area contributed by atoms with Crippen LogP contribution in [0.15, 0.2) is 23.2 Å². The Kier molecular flexibility index (Phi) is 3.53. The van der Waals surface area contributed by atoms with Gasteiger partial charge in [-0.3, -0.25) is 0 Å². The van der Waals surface area contributed by atoms with Crippen LogP contribution in [0.5, 0.6) is 0 Å². The van der Waals surface area contributed by atoms with Gasteiger partial charge in [0.2, 0.25) is 10.0 Å². The third-order valence-corrected chi connectivity index (χ3v) is 5.60.